The number of ether oxygens (including phenoxy) is 5. The van der Waals surface area contributed by atoms with Crippen molar-refractivity contribution in [2.24, 2.45) is 11.8 Å². The first-order valence-corrected chi connectivity index (χ1v) is 19.8. The van der Waals surface area contributed by atoms with Crippen LogP contribution in [0.1, 0.15) is 78.7 Å². The number of aliphatic hydroxyl groups is 1. The number of rotatable bonds is 26. The third-order valence-electron chi connectivity index (χ3n) is 9.51. The van der Waals surface area contributed by atoms with Crippen LogP contribution in [-0.4, -0.2) is 136 Å². The molecule has 5 N–H and O–H groups in total. The van der Waals surface area contributed by atoms with E-state index >= 15 is 0 Å². The molecule has 5 amide bonds. The van der Waals surface area contributed by atoms with E-state index in [0.29, 0.717) is 19.4 Å². The highest BCUT2D eigenvalue weighted by Crippen LogP contribution is 2.28. The molecule has 1 fully saturated rings. The average molecular weight is 808 g/mol. The molecule has 0 aliphatic carbocycles. The molecule has 1 aromatic rings. The van der Waals surface area contributed by atoms with E-state index in [0.717, 1.165) is 18.4 Å². The summed E-state index contributed by atoms with van der Waals surface area (Å²) in [5.41, 5.74) is 0.849. The van der Waals surface area contributed by atoms with Crippen molar-refractivity contribution in [2.75, 3.05) is 53.7 Å². The molecule has 0 radical (unpaired) electrons. The summed E-state index contributed by atoms with van der Waals surface area (Å²) in [6, 6.07) is 7.18. The highest BCUT2D eigenvalue weighted by Gasteiger charge is 2.40. The molecule has 0 aromatic heterocycles. The second-order valence-corrected chi connectivity index (χ2v) is 14.5. The number of nitrogens with zero attached hydrogens (tertiary/aromatic N) is 1. The van der Waals surface area contributed by atoms with Crippen LogP contribution in [0.5, 0.6) is 0 Å². The third kappa shape index (κ3) is 17.8. The lowest BCUT2D eigenvalue weighted by atomic mass is 9.93. The van der Waals surface area contributed by atoms with Gasteiger partial charge in [-0.05, 0) is 44.1 Å². The number of carbonyl (C=O) groups is 6. The molecule has 17 heteroatoms. The zero-order valence-electron chi connectivity index (χ0n) is 34.6. The van der Waals surface area contributed by atoms with Gasteiger partial charge in [-0.2, -0.15) is 0 Å². The highest BCUT2D eigenvalue weighted by atomic mass is 16.7. The van der Waals surface area contributed by atoms with Gasteiger partial charge in [0.25, 0.3) is 0 Å². The van der Waals surface area contributed by atoms with Gasteiger partial charge >= 0.3 is 12.1 Å². The van der Waals surface area contributed by atoms with Gasteiger partial charge in [0.2, 0.25) is 23.6 Å². The number of alkyl carbamates (subject to hydrolysis) is 1. The maximum Gasteiger partial charge on any atom is 0.407 e. The van der Waals surface area contributed by atoms with Crippen LogP contribution >= 0.6 is 0 Å². The molecule has 0 saturated carbocycles. The molecule has 2 rings (SSSR count). The SMILES string of the molecule is CCC(CO)OC(COC(=O)NCCC(=O)N[C@@H](C)C(=O)OCCCNC(=O)[C@H](Cc1ccccc1)NC(=O)[C@H](C)[C@@H](OC)[C@@H]1CCCN1C(=O)CC(C)C)OC. The van der Waals surface area contributed by atoms with E-state index in [1.165, 1.54) is 21.1 Å². The Balaban J connectivity index is 1.81. The molecule has 1 heterocycles. The van der Waals surface area contributed by atoms with Crippen molar-refractivity contribution in [3.8, 4) is 0 Å². The van der Waals surface area contributed by atoms with Crippen LogP contribution in [0.4, 0.5) is 4.79 Å². The van der Waals surface area contributed by atoms with Crippen LogP contribution in [0.2, 0.25) is 0 Å². The average Bonchev–Trinajstić information content (AvgIpc) is 3.67. The standard InChI is InChI=1S/C40H65N5O12/c1-8-30(24-46)57-35(53-6)25-56-40(52)42-19-17-33(47)43-28(5)39(51)55-21-13-18-41-38(50)31(23-29-14-10-9-11-15-29)44-37(49)27(4)36(54-7)32-16-12-20-45(32)34(48)22-26(2)3/h9-11,14-15,26-28,30-32,35-36,46H,8,12-13,16-25H2,1-7H3,(H,41,50)(H,42,52)(H,43,47)(H,44,49)/t27-,28+,30?,31+,32+,35?,36-/m1/s1. The summed E-state index contributed by atoms with van der Waals surface area (Å²) in [6.45, 7) is 9.27. The predicted octanol–water partition coefficient (Wildman–Crippen LogP) is 1.83. The largest absolute Gasteiger partial charge is 0.464 e. The number of carbonyl (C=O) groups excluding carboxylic acids is 6. The van der Waals surface area contributed by atoms with Crippen LogP contribution in [0.25, 0.3) is 0 Å². The summed E-state index contributed by atoms with van der Waals surface area (Å²) in [7, 11) is 2.91. The number of esters is 1. The van der Waals surface area contributed by atoms with Crippen LogP contribution in [-0.2, 0) is 54.1 Å². The third-order valence-corrected chi connectivity index (χ3v) is 9.51. The second-order valence-electron chi connectivity index (χ2n) is 14.5. The molecule has 0 bridgehead atoms. The minimum Gasteiger partial charge on any atom is -0.464 e. The highest BCUT2D eigenvalue weighted by molar-refractivity contribution is 5.89. The summed E-state index contributed by atoms with van der Waals surface area (Å²) < 4.78 is 26.7. The molecule has 57 heavy (non-hydrogen) atoms. The summed E-state index contributed by atoms with van der Waals surface area (Å²) in [5.74, 6) is -2.36. The Labute approximate surface area is 336 Å². The predicted molar refractivity (Wildman–Crippen MR) is 209 cm³/mol. The van der Waals surface area contributed by atoms with Gasteiger partial charge < -0.3 is 55.0 Å². The number of likely N-dealkylation sites (tertiary alicyclic amines) is 1. The summed E-state index contributed by atoms with van der Waals surface area (Å²) in [6.07, 6.45) is 0.209. The zero-order chi connectivity index (χ0) is 42.3. The molecular weight excluding hydrogens is 742 g/mol. The molecule has 322 valence electrons. The van der Waals surface area contributed by atoms with Crippen molar-refractivity contribution in [1.29, 1.82) is 0 Å². The van der Waals surface area contributed by atoms with E-state index < -0.39 is 60.4 Å². The van der Waals surface area contributed by atoms with Gasteiger partial charge in [-0.3, -0.25) is 19.2 Å². The minimum atomic E-state index is -0.968. The van der Waals surface area contributed by atoms with Crippen molar-refractivity contribution in [3.63, 3.8) is 0 Å². The molecule has 1 saturated heterocycles. The molecule has 0 spiro atoms. The van der Waals surface area contributed by atoms with E-state index in [1.54, 1.807) is 6.92 Å². The quantitative estimate of drug-likeness (QED) is 0.0515. The van der Waals surface area contributed by atoms with E-state index in [-0.39, 0.29) is 75.9 Å². The van der Waals surface area contributed by atoms with E-state index in [2.05, 4.69) is 21.3 Å². The summed E-state index contributed by atoms with van der Waals surface area (Å²) >= 11 is 0. The van der Waals surface area contributed by atoms with Crippen LogP contribution in [0, 0.1) is 11.8 Å². The Morgan fingerprint density at radius 3 is 2.26 bits per heavy atom. The Morgan fingerprint density at radius 2 is 1.63 bits per heavy atom. The summed E-state index contributed by atoms with van der Waals surface area (Å²) in [4.78, 5) is 78.7. The normalized spacial score (nSPS) is 17.1. The molecule has 17 nitrogen and oxygen atoms in total. The fourth-order valence-electron chi connectivity index (χ4n) is 6.31. The maximum atomic E-state index is 13.6. The number of aliphatic hydroxyl groups excluding tert-OH is 1. The van der Waals surface area contributed by atoms with Crippen molar-refractivity contribution in [2.45, 2.75) is 116 Å². The lowest BCUT2D eigenvalue weighted by Crippen LogP contribution is -2.54. The smallest absolute Gasteiger partial charge is 0.407 e. The lowest BCUT2D eigenvalue weighted by molar-refractivity contribution is -0.181. The first kappa shape index (κ1) is 48.8. The van der Waals surface area contributed by atoms with Gasteiger partial charge in [0.15, 0.2) is 6.29 Å². The first-order chi connectivity index (χ1) is 27.2. The van der Waals surface area contributed by atoms with Crippen LogP contribution in [0.15, 0.2) is 30.3 Å². The van der Waals surface area contributed by atoms with E-state index in [9.17, 15) is 33.9 Å². The van der Waals surface area contributed by atoms with Gasteiger partial charge in [-0.1, -0.05) is 58.0 Å². The van der Waals surface area contributed by atoms with Crippen molar-refractivity contribution >= 4 is 35.7 Å². The number of methoxy groups -OCH3 is 2. The molecule has 1 aliphatic rings. The Hall–Kier alpha value is -4.32. The van der Waals surface area contributed by atoms with Gasteiger partial charge in [0.1, 0.15) is 18.7 Å². The fraction of sp³-hybridized carbons (Fsp3) is 0.700. The van der Waals surface area contributed by atoms with Crippen molar-refractivity contribution in [3.05, 3.63) is 35.9 Å². The molecule has 1 aliphatic heterocycles. The van der Waals surface area contributed by atoms with E-state index in [1.807, 2.05) is 56.0 Å². The number of hydrogen-bond acceptors (Lipinski definition) is 12. The Morgan fingerprint density at radius 1 is 0.912 bits per heavy atom. The maximum absolute atomic E-state index is 13.6. The second kappa shape index (κ2) is 26.6. The number of amides is 5. The van der Waals surface area contributed by atoms with E-state index in [4.69, 9.17) is 23.7 Å². The molecule has 1 aromatic carbocycles. The molecule has 7 atom stereocenters. The first-order valence-electron chi connectivity index (χ1n) is 19.8. The van der Waals surface area contributed by atoms with Crippen molar-refractivity contribution in [1.82, 2.24) is 26.2 Å². The van der Waals surface area contributed by atoms with Gasteiger partial charge in [-0.15, -0.1) is 0 Å². The number of hydrogen-bond donors (Lipinski definition) is 5. The molecular formula is C40H65N5O12. The fourth-order valence-corrected chi connectivity index (χ4v) is 6.31. The van der Waals surface area contributed by atoms with Gasteiger partial charge in [-0.25, -0.2) is 9.59 Å². The molecule has 2 unspecified atom stereocenters. The van der Waals surface area contributed by atoms with Gasteiger partial charge in [0, 0.05) is 53.1 Å². The number of benzene rings is 1. The topological polar surface area (TPSA) is 220 Å². The minimum absolute atomic E-state index is 0.0358. The van der Waals surface area contributed by atoms with Crippen LogP contribution in [0.3, 0.4) is 0 Å². The van der Waals surface area contributed by atoms with Crippen molar-refractivity contribution < 1.29 is 57.6 Å². The zero-order valence-corrected chi connectivity index (χ0v) is 34.6. The lowest BCUT2D eigenvalue weighted by Gasteiger charge is -2.34. The summed E-state index contributed by atoms with van der Waals surface area (Å²) in [5, 5.41) is 19.9. The monoisotopic (exact) mass is 807 g/mol. The Kier molecular flexibility index (Phi) is 22.8. The Bertz CT molecular complexity index is 1400. The van der Waals surface area contributed by atoms with Crippen LogP contribution < -0.4 is 21.3 Å². The number of nitrogens with one attached hydrogen (secondary N) is 4. The van der Waals surface area contributed by atoms with Gasteiger partial charge in [0.05, 0.1) is 37.4 Å².